The van der Waals surface area contributed by atoms with Crippen molar-refractivity contribution in [3.8, 4) is 0 Å². The second kappa shape index (κ2) is 4.72. The van der Waals surface area contributed by atoms with E-state index in [2.05, 4.69) is 0 Å². The van der Waals surface area contributed by atoms with Gasteiger partial charge in [0.15, 0.2) is 5.78 Å². The van der Waals surface area contributed by atoms with Crippen LogP contribution in [0.4, 0.5) is 0 Å². The van der Waals surface area contributed by atoms with Crippen LogP contribution in [0.1, 0.15) is 49.9 Å². The van der Waals surface area contributed by atoms with Crippen LogP contribution in [0.25, 0.3) is 0 Å². The molecule has 0 heterocycles. The first-order chi connectivity index (χ1) is 10.1. The fourth-order valence-corrected chi connectivity index (χ4v) is 4.49. The summed E-state index contributed by atoms with van der Waals surface area (Å²) in [6.07, 6.45) is 2.94. The number of aliphatic carboxylic acids is 1. The molecule has 0 atom stereocenters. The number of Topliss-reactive ketones (excluding diaryl/α,β-unsaturated/α-hetero) is 1. The molecule has 3 aliphatic rings. The van der Waals surface area contributed by atoms with Crippen LogP contribution < -0.4 is 0 Å². The van der Waals surface area contributed by atoms with E-state index < -0.39 is 11.4 Å². The molecular weight excluding hydrogens is 323 g/mol. The summed E-state index contributed by atoms with van der Waals surface area (Å²) in [5, 5.41) is 10.2. The van der Waals surface area contributed by atoms with Crippen molar-refractivity contribution in [1.29, 1.82) is 0 Å². The molecule has 1 aromatic rings. The van der Waals surface area contributed by atoms with Crippen LogP contribution in [0.3, 0.4) is 0 Å². The molecule has 1 aromatic carbocycles. The molecule has 3 saturated carbocycles. The van der Waals surface area contributed by atoms with Crippen LogP contribution in [-0.4, -0.2) is 16.9 Å². The number of halogens is 2. The molecule has 0 unspecified atom stereocenters. The second-order valence-electron chi connectivity index (χ2n) is 7.47. The van der Waals surface area contributed by atoms with Gasteiger partial charge < -0.3 is 5.11 Å². The predicted octanol–water partition coefficient (Wildman–Crippen LogP) is 4.85. The molecule has 0 spiro atoms. The first-order valence-electron chi connectivity index (χ1n) is 7.33. The van der Waals surface area contributed by atoms with Gasteiger partial charge in [-0.15, -0.1) is 0 Å². The highest BCUT2D eigenvalue weighted by molar-refractivity contribution is 6.42. The summed E-state index contributed by atoms with van der Waals surface area (Å²) >= 11 is 11.8. The minimum absolute atomic E-state index is 0.00405. The lowest BCUT2D eigenvalue weighted by molar-refractivity contribution is -0.260. The smallest absolute Gasteiger partial charge is 0.309 e. The molecule has 0 aliphatic heterocycles. The molecule has 22 heavy (non-hydrogen) atoms. The minimum atomic E-state index is -0.753. The summed E-state index contributed by atoms with van der Waals surface area (Å²) < 4.78 is 0. The zero-order chi connectivity index (χ0) is 16.3. The molecule has 4 rings (SSSR count). The molecule has 0 aromatic heterocycles. The Labute approximate surface area is 139 Å². The molecule has 118 valence electrons. The molecule has 2 bridgehead atoms. The number of carbonyl (C=O) groups excluding carboxylic acids is 1. The van der Waals surface area contributed by atoms with E-state index in [4.69, 9.17) is 23.2 Å². The van der Waals surface area contributed by atoms with E-state index in [1.54, 1.807) is 32.0 Å². The van der Waals surface area contributed by atoms with Crippen LogP contribution in [0, 0.1) is 16.2 Å². The Morgan fingerprint density at radius 3 is 2.27 bits per heavy atom. The standard InChI is InChI=1S/C17H18Cl2O3/c1-15(2,14(21)22)17-7-16(8-17,9-17)6-13(20)10-3-4-11(18)12(19)5-10/h3-5H,6-9H2,1-2H3,(H,21,22). The van der Waals surface area contributed by atoms with Crippen LogP contribution in [0.15, 0.2) is 18.2 Å². The van der Waals surface area contributed by atoms with E-state index in [0.717, 1.165) is 19.3 Å². The minimum Gasteiger partial charge on any atom is -0.481 e. The van der Waals surface area contributed by atoms with E-state index in [-0.39, 0.29) is 16.6 Å². The van der Waals surface area contributed by atoms with Gasteiger partial charge in [0, 0.05) is 12.0 Å². The van der Waals surface area contributed by atoms with Gasteiger partial charge in [0.25, 0.3) is 0 Å². The van der Waals surface area contributed by atoms with E-state index in [1.165, 1.54) is 0 Å². The highest BCUT2D eigenvalue weighted by atomic mass is 35.5. The van der Waals surface area contributed by atoms with Gasteiger partial charge in [0.2, 0.25) is 0 Å². The van der Waals surface area contributed by atoms with Gasteiger partial charge in [-0.2, -0.15) is 0 Å². The van der Waals surface area contributed by atoms with E-state index in [0.29, 0.717) is 22.0 Å². The number of hydrogen-bond donors (Lipinski definition) is 1. The highest BCUT2D eigenvalue weighted by Crippen LogP contribution is 2.80. The number of ketones is 1. The molecular formula is C17H18Cl2O3. The van der Waals surface area contributed by atoms with Crippen molar-refractivity contribution >= 4 is 35.0 Å². The van der Waals surface area contributed by atoms with Crippen molar-refractivity contribution in [2.45, 2.75) is 39.5 Å². The van der Waals surface area contributed by atoms with Crippen molar-refractivity contribution in [2.75, 3.05) is 0 Å². The molecule has 3 nitrogen and oxygen atoms in total. The lowest BCUT2D eigenvalue weighted by Crippen LogP contribution is -2.69. The molecule has 5 heteroatoms. The summed E-state index contributed by atoms with van der Waals surface area (Å²) in [5.41, 5.74) is -0.278. The maximum Gasteiger partial charge on any atom is 0.309 e. The Balaban J connectivity index is 1.67. The van der Waals surface area contributed by atoms with Crippen LogP contribution in [0.2, 0.25) is 10.0 Å². The summed E-state index contributed by atoms with van der Waals surface area (Å²) in [7, 11) is 0. The Hall–Kier alpha value is -1.06. The Morgan fingerprint density at radius 1 is 1.18 bits per heavy atom. The van der Waals surface area contributed by atoms with Crippen molar-refractivity contribution in [1.82, 2.24) is 0 Å². The lowest BCUT2D eigenvalue weighted by atomic mass is 9.28. The van der Waals surface area contributed by atoms with Crippen LogP contribution in [0.5, 0.6) is 0 Å². The third-order valence-electron chi connectivity index (χ3n) is 5.78. The number of rotatable bonds is 5. The number of carboxylic acids is 1. The van der Waals surface area contributed by atoms with Gasteiger partial charge in [-0.1, -0.05) is 23.2 Å². The number of benzene rings is 1. The predicted molar refractivity (Wildman–Crippen MR) is 85.5 cm³/mol. The maximum absolute atomic E-state index is 12.4. The first kappa shape index (κ1) is 15.8. The fraction of sp³-hybridized carbons (Fsp3) is 0.529. The third kappa shape index (κ3) is 2.10. The Bertz CT molecular complexity index is 659. The molecule has 3 fully saturated rings. The molecule has 0 radical (unpaired) electrons. The van der Waals surface area contributed by atoms with Gasteiger partial charge >= 0.3 is 5.97 Å². The number of carboxylic acid groups (broad SMARTS) is 1. The normalized spacial score (nSPS) is 29.5. The Morgan fingerprint density at radius 2 is 1.77 bits per heavy atom. The zero-order valence-electron chi connectivity index (χ0n) is 12.6. The fourth-order valence-electron chi connectivity index (χ4n) is 4.19. The van der Waals surface area contributed by atoms with Crippen molar-refractivity contribution < 1.29 is 14.7 Å². The summed E-state index contributed by atoms with van der Waals surface area (Å²) in [4.78, 5) is 23.8. The zero-order valence-corrected chi connectivity index (χ0v) is 14.1. The maximum atomic E-state index is 12.4. The van der Waals surface area contributed by atoms with Crippen molar-refractivity contribution in [3.63, 3.8) is 0 Å². The highest BCUT2D eigenvalue weighted by Gasteiger charge is 2.74. The average Bonchev–Trinajstić information content (AvgIpc) is 2.34. The quantitative estimate of drug-likeness (QED) is 0.779. The lowest BCUT2D eigenvalue weighted by Gasteiger charge is -2.75. The second-order valence-corrected chi connectivity index (χ2v) is 8.28. The Kier molecular flexibility index (Phi) is 3.39. The molecule has 3 aliphatic carbocycles. The molecule has 0 saturated heterocycles. The van der Waals surface area contributed by atoms with Crippen molar-refractivity contribution in [3.05, 3.63) is 33.8 Å². The van der Waals surface area contributed by atoms with Gasteiger partial charge in [-0.3, -0.25) is 9.59 Å². The van der Waals surface area contributed by atoms with E-state index in [1.807, 2.05) is 0 Å². The SMILES string of the molecule is CC(C)(C(=O)O)C12CC(CC(=O)c3ccc(Cl)c(Cl)c3)(C1)C2. The summed E-state index contributed by atoms with van der Waals surface area (Å²) in [6, 6.07) is 4.93. The van der Waals surface area contributed by atoms with Crippen LogP contribution in [-0.2, 0) is 4.79 Å². The van der Waals surface area contributed by atoms with Crippen molar-refractivity contribution in [2.24, 2.45) is 16.2 Å². The van der Waals surface area contributed by atoms with Gasteiger partial charge in [0.05, 0.1) is 15.5 Å². The molecule has 0 amide bonds. The first-order valence-corrected chi connectivity index (χ1v) is 8.08. The topological polar surface area (TPSA) is 54.4 Å². The third-order valence-corrected chi connectivity index (χ3v) is 6.52. The summed E-state index contributed by atoms with van der Waals surface area (Å²) in [5.74, 6) is -0.698. The van der Waals surface area contributed by atoms with Gasteiger partial charge in [0.1, 0.15) is 0 Å². The average molecular weight is 341 g/mol. The van der Waals surface area contributed by atoms with Crippen LogP contribution >= 0.6 is 23.2 Å². The number of carbonyl (C=O) groups is 2. The van der Waals surface area contributed by atoms with E-state index >= 15 is 0 Å². The van der Waals surface area contributed by atoms with Gasteiger partial charge in [-0.05, 0) is 62.1 Å². The number of hydrogen-bond acceptors (Lipinski definition) is 2. The largest absolute Gasteiger partial charge is 0.481 e. The monoisotopic (exact) mass is 340 g/mol. The van der Waals surface area contributed by atoms with Gasteiger partial charge in [-0.25, -0.2) is 0 Å². The summed E-state index contributed by atoms with van der Waals surface area (Å²) in [6.45, 7) is 3.58. The molecule has 1 N–H and O–H groups in total. The van der Waals surface area contributed by atoms with E-state index in [9.17, 15) is 14.7 Å².